The number of carbonyl (C=O) groups excluding carboxylic acids is 1. The number of hydrogen-bond donors (Lipinski definition) is 4. The lowest BCUT2D eigenvalue weighted by atomic mass is 9.92. The lowest BCUT2D eigenvalue weighted by Gasteiger charge is -2.39. The summed E-state index contributed by atoms with van der Waals surface area (Å²) in [6.45, 7) is 3.99. The molecule has 0 radical (unpaired) electrons. The van der Waals surface area contributed by atoms with Crippen molar-refractivity contribution in [3.05, 3.63) is 56.5 Å². The van der Waals surface area contributed by atoms with Crippen molar-refractivity contribution in [2.45, 2.75) is 31.8 Å². The van der Waals surface area contributed by atoms with Gasteiger partial charge in [0.2, 0.25) is 0 Å². The number of likely N-dealkylation sites (tertiary alicyclic amines) is 1. The molecule has 2 amide bonds. The average Bonchev–Trinajstić information content (AvgIpc) is 2.82. The first-order valence-corrected chi connectivity index (χ1v) is 12.3. The molecule has 2 atom stereocenters. The molecular weight excluding hydrogens is 515 g/mol. The predicted molar refractivity (Wildman–Crippen MR) is 139 cm³/mol. The lowest BCUT2D eigenvalue weighted by molar-refractivity contribution is 0.0909. The molecule has 1 aliphatic rings. The van der Waals surface area contributed by atoms with E-state index in [1.807, 2.05) is 6.92 Å². The Bertz CT molecular complexity index is 1080. The van der Waals surface area contributed by atoms with Crippen molar-refractivity contribution in [3.8, 4) is 5.75 Å². The van der Waals surface area contributed by atoms with E-state index in [4.69, 9.17) is 45.3 Å². The van der Waals surface area contributed by atoms with Gasteiger partial charge in [-0.05, 0) is 62.5 Å². The third-order valence-electron chi connectivity index (χ3n) is 6.40. The fourth-order valence-corrected chi connectivity index (χ4v) is 5.06. The van der Waals surface area contributed by atoms with Crippen LogP contribution in [-0.4, -0.2) is 54.8 Å². The maximum Gasteiger partial charge on any atom is 0.405 e. The average molecular weight is 544 g/mol. The highest BCUT2D eigenvalue weighted by Gasteiger charge is 2.31. The molecule has 0 saturated carbocycles. The molecule has 190 valence electrons. The van der Waals surface area contributed by atoms with Gasteiger partial charge in [-0.15, -0.1) is 0 Å². The first-order chi connectivity index (χ1) is 16.6. The van der Waals surface area contributed by atoms with Crippen molar-refractivity contribution in [2.75, 3.05) is 32.5 Å². The highest BCUT2D eigenvalue weighted by atomic mass is 35.5. The quantitative estimate of drug-likeness (QED) is 0.345. The summed E-state index contributed by atoms with van der Waals surface area (Å²) in [5.41, 5.74) is 7.15. The van der Waals surface area contributed by atoms with Gasteiger partial charge in [-0.1, -0.05) is 40.9 Å². The lowest BCUT2D eigenvalue weighted by Crippen LogP contribution is -2.48. The number of anilines is 1. The maximum atomic E-state index is 12.7. The number of carbonyl (C=O) groups is 2. The van der Waals surface area contributed by atoms with Crippen molar-refractivity contribution < 1.29 is 19.4 Å². The number of amides is 2. The SMILES string of the molecule is COc1cc(N)c(Cl)cc1C(=O)NCC1CCN(C(C)C(NC(=O)O)c2ccc(Cl)cc2Cl)CC1. The molecule has 1 aliphatic heterocycles. The normalized spacial score (nSPS) is 16.4. The van der Waals surface area contributed by atoms with Crippen LogP contribution in [0.2, 0.25) is 15.1 Å². The van der Waals surface area contributed by atoms with E-state index < -0.39 is 12.1 Å². The van der Waals surface area contributed by atoms with E-state index in [0.717, 1.165) is 25.9 Å². The Morgan fingerprint density at radius 3 is 2.46 bits per heavy atom. The summed E-state index contributed by atoms with van der Waals surface area (Å²) >= 11 is 18.5. The second-order valence-corrected chi connectivity index (χ2v) is 9.85. The summed E-state index contributed by atoms with van der Waals surface area (Å²) in [5, 5.41) is 16.2. The van der Waals surface area contributed by atoms with Crippen LogP contribution in [0.5, 0.6) is 5.75 Å². The number of nitrogens with two attached hydrogens (primary N) is 1. The van der Waals surface area contributed by atoms with Crippen molar-refractivity contribution >= 4 is 52.5 Å². The summed E-state index contributed by atoms with van der Waals surface area (Å²) in [6, 6.07) is 7.45. The minimum atomic E-state index is -1.12. The molecule has 2 aromatic rings. The standard InChI is InChI=1S/C24H29Cl3N4O4/c1-13(22(30-24(33)34)16-4-3-15(25)9-18(16)26)31-7-5-14(6-8-31)12-29-23(32)17-10-19(27)20(28)11-21(17)35-2/h3-4,9-11,13-14,22,30H,5-8,12,28H2,1-2H3,(H,29,32)(H,33,34). The van der Waals surface area contributed by atoms with Crippen LogP contribution in [0.1, 0.15) is 41.7 Å². The number of carboxylic acid groups (broad SMARTS) is 1. The van der Waals surface area contributed by atoms with E-state index in [-0.39, 0.29) is 17.9 Å². The molecule has 0 bridgehead atoms. The zero-order valence-corrected chi connectivity index (χ0v) is 21.8. The smallest absolute Gasteiger partial charge is 0.405 e. The number of nitrogen functional groups attached to an aromatic ring is 1. The summed E-state index contributed by atoms with van der Waals surface area (Å²) in [7, 11) is 1.47. The Kier molecular flexibility index (Phi) is 9.35. The van der Waals surface area contributed by atoms with Crippen molar-refractivity contribution in [1.29, 1.82) is 0 Å². The zero-order chi connectivity index (χ0) is 25.7. The van der Waals surface area contributed by atoms with Gasteiger partial charge >= 0.3 is 6.09 Å². The molecule has 1 fully saturated rings. The van der Waals surface area contributed by atoms with Gasteiger partial charge in [0, 0.05) is 28.7 Å². The van der Waals surface area contributed by atoms with Gasteiger partial charge in [-0.3, -0.25) is 9.69 Å². The van der Waals surface area contributed by atoms with Crippen LogP contribution in [0.15, 0.2) is 30.3 Å². The molecule has 5 N–H and O–H groups in total. The first-order valence-electron chi connectivity index (χ1n) is 11.2. The largest absolute Gasteiger partial charge is 0.496 e. The fourth-order valence-electron chi connectivity index (χ4n) is 4.37. The molecule has 8 nitrogen and oxygen atoms in total. The second-order valence-electron chi connectivity index (χ2n) is 8.60. The molecule has 35 heavy (non-hydrogen) atoms. The Labute approximate surface area is 219 Å². The van der Waals surface area contributed by atoms with Gasteiger partial charge in [-0.25, -0.2) is 4.79 Å². The van der Waals surface area contributed by atoms with Gasteiger partial charge in [0.05, 0.1) is 29.4 Å². The number of methoxy groups -OCH3 is 1. The minimum absolute atomic E-state index is 0.138. The van der Waals surface area contributed by atoms with E-state index in [0.29, 0.717) is 44.2 Å². The van der Waals surface area contributed by atoms with Crippen LogP contribution >= 0.6 is 34.8 Å². The molecule has 0 aliphatic carbocycles. The van der Waals surface area contributed by atoms with Gasteiger partial charge in [0.1, 0.15) is 5.75 Å². The summed E-state index contributed by atoms with van der Waals surface area (Å²) in [5.74, 6) is 0.371. The number of ether oxygens (including phenoxy) is 1. The van der Waals surface area contributed by atoms with Crippen LogP contribution in [0.4, 0.5) is 10.5 Å². The molecule has 2 aromatic carbocycles. The number of benzene rings is 2. The van der Waals surface area contributed by atoms with Gasteiger partial charge < -0.3 is 26.2 Å². The zero-order valence-electron chi connectivity index (χ0n) is 19.5. The molecule has 1 heterocycles. The van der Waals surface area contributed by atoms with Crippen molar-refractivity contribution in [3.63, 3.8) is 0 Å². The van der Waals surface area contributed by atoms with Crippen LogP contribution in [0.3, 0.4) is 0 Å². The Balaban J connectivity index is 1.60. The van der Waals surface area contributed by atoms with Crippen molar-refractivity contribution in [1.82, 2.24) is 15.5 Å². The van der Waals surface area contributed by atoms with Crippen LogP contribution < -0.4 is 21.1 Å². The number of piperidine rings is 1. The third kappa shape index (κ3) is 6.85. The molecule has 3 rings (SSSR count). The van der Waals surface area contributed by atoms with E-state index in [2.05, 4.69) is 15.5 Å². The third-order valence-corrected chi connectivity index (χ3v) is 7.29. The Hall–Kier alpha value is -2.39. The number of halogens is 3. The monoisotopic (exact) mass is 542 g/mol. The topological polar surface area (TPSA) is 117 Å². The number of nitrogens with zero attached hydrogens (tertiary/aromatic N) is 1. The fraction of sp³-hybridized carbons (Fsp3) is 0.417. The van der Waals surface area contributed by atoms with Crippen LogP contribution in [0.25, 0.3) is 0 Å². The van der Waals surface area contributed by atoms with Gasteiger partial charge in [0.15, 0.2) is 0 Å². The van der Waals surface area contributed by atoms with E-state index in [1.165, 1.54) is 19.2 Å². The molecular formula is C24H29Cl3N4O4. The van der Waals surface area contributed by atoms with E-state index >= 15 is 0 Å². The maximum absolute atomic E-state index is 12.7. The number of nitrogens with one attached hydrogen (secondary N) is 2. The highest BCUT2D eigenvalue weighted by Crippen LogP contribution is 2.32. The molecule has 1 saturated heterocycles. The van der Waals surface area contributed by atoms with Gasteiger partial charge in [-0.2, -0.15) is 0 Å². The first kappa shape index (κ1) is 27.2. The summed E-state index contributed by atoms with van der Waals surface area (Å²) in [4.78, 5) is 26.4. The predicted octanol–water partition coefficient (Wildman–Crippen LogP) is 5.08. The molecule has 0 aromatic heterocycles. The molecule has 0 spiro atoms. The second kappa shape index (κ2) is 12.0. The molecule has 2 unspecified atom stereocenters. The highest BCUT2D eigenvalue weighted by molar-refractivity contribution is 6.35. The van der Waals surface area contributed by atoms with Crippen molar-refractivity contribution in [2.24, 2.45) is 5.92 Å². The Morgan fingerprint density at radius 1 is 1.17 bits per heavy atom. The summed E-state index contributed by atoms with van der Waals surface area (Å²) < 4.78 is 5.27. The number of hydrogen-bond acceptors (Lipinski definition) is 5. The van der Waals surface area contributed by atoms with Crippen LogP contribution in [0, 0.1) is 5.92 Å². The summed E-state index contributed by atoms with van der Waals surface area (Å²) in [6.07, 6.45) is 0.570. The van der Waals surface area contributed by atoms with Crippen LogP contribution in [-0.2, 0) is 0 Å². The van der Waals surface area contributed by atoms with E-state index in [1.54, 1.807) is 18.2 Å². The Morgan fingerprint density at radius 2 is 1.86 bits per heavy atom. The minimum Gasteiger partial charge on any atom is -0.496 e. The van der Waals surface area contributed by atoms with Gasteiger partial charge in [0.25, 0.3) is 5.91 Å². The molecule has 11 heteroatoms. The number of rotatable bonds is 8. The van der Waals surface area contributed by atoms with E-state index in [9.17, 15) is 14.7 Å².